The Labute approximate surface area is 89.5 Å². The summed E-state index contributed by atoms with van der Waals surface area (Å²) in [4.78, 5) is 13.6. The van der Waals surface area contributed by atoms with Gasteiger partial charge in [-0.2, -0.15) is 5.10 Å². The lowest BCUT2D eigenvalue weighted by molar-refractivity contribution is 0.553. The van der Waals surface area contributed by atoms with E-state index in [-0.39, 0.29) is 5.56 Å². The van der Waals surface area contributed by atoms with Gasteiger partial charge in [-0.25, -0.2) is 4.68 Å². The van der Waals surface area contributed by atoms with Gasteiger partial charge in [-0.3, -0.25) is 4.79 Å². The maximum atomic E-state index is 11.6. The van der Waals surface area contributed by atoms with E-state index in [2.05, 4.69) is 5.10 Å². The van der Waals surface area contributed by atoms with E-state index < -0.39 is 0 Å². The van der Waals surface area contributed by atoms with Crippen molar-refractivity contribution >= 4 is 5.69 Å². The summed E-state index contributed by atoms with van der Waals surface area (Å²) < 4.78 is 1.44. The van der Waals surface area contributed by atoms with Crippen LogP contribution in [0.1, 0.15) is 13.3 Å². The van der Waals surface area contributed by atoms with Gasteiger partial charge >= 0.3 is 0 Å². The third kappa shape index (κ3) is 3.06. The van der Waals surface area contributed by atoms with Crippen LogP contribution in [0.3, 0.4) is 0 Å². The van der Waals surface area contributed by atoms with Gasteiger partial charge in [0.15, 0.2) is 0 Å². The molecule has 1 heterocycles. The van der Waals surface area contributed by atoms with Crippen LogP contribution in [-0.4, -0.2) is 29.9 Å². The summed E-state index contributed by atoms with van der Waals surface area (Å²) in [6, 6.07) is 1.60. The van der Waals surface area contributed by atoms with Crippen LogP contribution in [-0.2, 0) is 6.54 Å². The number of aryl methyl sites for hydroxylation is 1. The van der Waals surface area contributed by atoms with E-state index in [1.165, 1.54) is 4.68 Å². The minimum Gasteiger partial charge on any atom is -0.373 e. The molecule has 15 heavy (non-hydrogen) atoms. The zero-order chi connectivity index (χ0) is 11.3. The van der Waals surface area contributed by atoms with Crippen LogP contribution >= 0.6 is 0 Å². The molecule has 0 unspecified atom stereocenters. The van der Waals surface area contributed by atoms with Gasteiger partial charge in [0, 0.05) is 26.2 Å². The molecule has 0 amide bonds. The van der Waals surface area contributed by atoms with Crippen LogP contribution < -0.4 is 16.2 Å². The molecule has 0 bridgehead atoms. The molecule has 0 aliphatic carbocycles. The fraction of sp³-hybridized carbons (Fsp3) is 0.600. The Morgan fingerprint density at radius 3 is 2.87 bits per heavy atom. The molecule has 0 saturated heterocycles. The smallest absolute Gasteiger partial charge is 0.268 e. The number of aromatic nitrogens is 2. The molecule has 0 atom stereocenters. The molecule has 0 aliphatic rings. The third-order valence-electron chi connectivity index (χ3n) is 2.34. The van der Waals surface area contributed by atoms with Gasteiger partial charge in [0.1, 0.15) is 0 Å². The topological polar surface area (TPSA) is 64.2 Å². The van der Waals surface area contributed by atoms with Crippen molar-refractivity contribution in [2.75, 3.05) is 25.0 Å². The molecule has 1 rings (SSSR count). The molecule has 0 aromatic carbocycles. The average molecular weight is 210 g/mol. The number of nitrogens with zero attached hydrogens (tertiary/aromatic N) is 3. The Hall–Kier alpha value is -1.36. The van der Waals surface area contributed by atoms with Crippen LogP contribution in [0.4, 0.5) is 5.69 Å². The monoisotopic (exact) mass is 210 g/mol. The summed E-state index contributed by atoms with van der Waals surface area (Å²) in [5.41, 5.74) is 6.16. The molecular weight excluding hydrogens is 192 g/mol. The van der Waals surface area contributed by atoms with Crippen molar-refractivity contribution in [3.8, 4) is 0 Å². The maximum Gasteiger partial charge on any atom is 0.268 e. The Morgan fingerprint density at radius 1 is 1.60 bits per heavy atom. The first-order chi connectivity index (χ1) is 7.19. The van der Waals surface area contributed by atoms with Gasteiger partial charge in [-0.05, 0) is 19.9 Å². The van der Waals surface area contributed by atoms with E-state index in [1.807, 2.05) is 18.9 Å². The average Bonchev–Trinajstić information content (AvgIpc) is 2.26. The van der Waals surface area contributed by atoms with E-state index >= 15 is 0 Å². The van der Waals surface area contributed by atoms with E-state index in [0.717, 1.165) is 18.7 Å². The van der Waals surface area contributed by atoms with Gasteiger partial charge in [-0.15, -0.1) is 0 Å². The third-order valence-corrected chi connectivity index (χ3v) is 2.34. The van der Waals surface area contributed by atoms with Gasteiger partial charge in [0.05, 0.1) is 11.9 Å². The second-order valence-corrected chi connectivity index (χ2v) is 3.43. The highest BCUT2D eigenvalue weighted by molar-refractivity contribution is 5.41. The normalized spacial score (nSPS) is 10.3. The van der Waals surface area contributed by atoms with Crippen molar-refractivity contribution in [3.63, 3.8) is 0 Å². The van der Waals surface area contributed by atoms with Crippen LogP contribution in [0, 0.1) is 0 Å². The minimum absolute atomic E-state index is 0.0683. The second kappa shape index (κ2) is 5.50. The minimum atomic E-state index is -0.0683. The van der Waals surface area contributed by atoms with Crippen LogP contribution in [0.25, 0.3) is 0 Å². The first-order valence-corrected chi connectivity index (χ1v) is 5.17. The largest absolute Gasteiger partial charge is 0.373 e. The van der Waals surface area contributed by atoms with E-state index in [0.29, 0.717) is 13.1 Å². The standard InChI is InChI=1S/C10H18N4O/c1-3-13(2)9-7-10(15)14(12-8-9)6-4-5-11/h7-8H,3-6,11H2,1-2H3. The van der Waals surface area contributed by atoms with Crippen molar-refractivity contribution < 1.29 is 0 Å². The van der Waals surface area contributed by atoms with Crippen LogP contribution in [0.2, 0.25) is 0 Å². The number of nitrogens with two attached hydrogens (primary N) is 1. The number of anilines is 1. The highest BCUT2D eigenvalue weighted by Gasteiger charge is 2.02. The highest BCUT2D eigenvalue weighted by Crippen LogP contribution is 2.05. The molecule has 0 fully saturated rings. The number of hydrogen-bond acceptors (Lipinski definition) is 4. The first kappa shape index (κ1) is 11.7. The summed E-state index contributed by atoms with van der Waals surface area (Å²) >= 11 is 0. The van der Waals surface area contributed by atoms with Crippen molar-refractivity contribution in [2.45, 2.75) is 19.9 Å². The van der Waals surface area contributed by atoms with E-state index in [1.54, 1.807) is 12.3 Å². The van der Waals surface area contributed by atoms with Crippen LogP contribution in [0.15, 0.2) is 17.1 Å². The lowest BCUT2D eigenvalue weighted by Gasteiger charge is -2.16. The van der Waals surface area contributed by atoms with Gasteiger partial charge < -0.3 is 10.6 Å². The summed E-state index contributed by atoms with van der Waals surface area (Å²) in [5, 5.41) is 4.09. The van der Waals surface area contributed by atoms with Gasteiger partial charge in [-0.1, -0.05) is 0 Å². The zero-order valence-electron chi connectivity index (χ0n) is 9.31. The lowest BCUT2D eigenvalue weighted by Crippen LogP contribution is -2.26. The molecule has 84 valence electrons. The predicted molar refractivity (Wildman–Crippen MR) is 61.1 cm³/mol. The lowest BCUT2D eigenvalue weighted by atomic mass is 10.4. The summed E-state index contributed by atoms with van der Waals surface area (Å²) in [6.07, 6.45) is 2.48. The molecule has 5 heteroatoms. The van der Waals surface area contributed by atoms with Crippen molar-refractivity contribution in [1.82, 2.24) is 9.78 Å². The summed E-state index contributed by atoms with van der Waals surface area (Å²) in [5.74, 6) is 0. The fourth-order valence-corrected chi connectivity index (χ4v) is 1.22. The quantitative estimate of drug-likeness (QED) is 0.745. The Morgan fingerprint density at radius 2 is 2.33 bits per heavy atom. The van der Waals surface area contributed by atoms with Crippen molar-refractivity contribution in [1.29, 1.82) is 0 Å². The number of rotatable bonds is 5. The Kier molecular flexibility index (Phi) is 4.30. The Bertz CT molecular complexity index is 361. The zero-order valence-corrected chi connectivity index (χ0v) is 9.31. The SMILES string of the molecule is CCN(C)c1cnn(CCCN)c(=O)c1. The molecule has 1 aromatic heterocycles. The van der Waals surface area contributed by atoms with E-state index in [4.69, 9.17) is 5.73 Å². The molecule has 1 aromatic rings. The predicted octanol–water partition coefficient (Wildman–Crippen LogP) is 0.0482. The molecule has 5 nitrogen and oxygen atoms in total. The first-order valence-electron chi connectivity index (χ1n) is 5.17. The molecule has 0 aliphatic heterocycles. The molecular formula is C10H18N4O. The number of hydrogen-bond donors (Lipinski definition) is 1. The molecule has 2 N–H and O–H groups in total. The highest BCUT2D eigenvalue weighted by atomic mass is 16.1. The molecule has 0 spiro atoms. The van der Waals surface area contributed by atoms with Crippen molar-refractivity contribution in [3.05, 3.63) is 22.6 Å². The molecule has 0 radical (unpaired) electrons. The second-order valence-electron chi connectivity index (χ2n) is 3.43. The molecule has 0 saturated carbocycles. The van der Waals surface area contributed by atoms with Gasteiger partial charge in [0.25, 0.3) is 5.56 Å². The maximum absolute atomic E-state index is 11.6. The van der Waals surface area contributed by atoms with Crippen LogP contribution in [0.5, 0.6) is 0 Å². The van der Waals surface area contributed by atoms with Crippen molar-refractivity contribution in [2.24, 2.45) is 5.73 Å². The Balaban J connectivity index is 2.83. The summed E-state index contributed by atoms with van der Waals surface area (Å²) in [7, 11) is 1.93. The fourth-order valence-electron chi connectivity index (χ4n) is 1.22. The summed E-state index contributed by atoms with van der Waals surface area (Å²) in [6.45, 7) is 4.05. The van der Waals surface area contributed by atoms with Gasteiger partial charge in [0.2, 0.25) is 0 Å². The van der Waals surface area contributed by atoms with E-state index in [9.17, 15) is 4.79 Å².